The van der Waals surface area contributed by atoms with Crippen LogP contribution in [0.25, 0.3) is 17.1 Å². The number of methoxy groups -OCH3 is 2. The Morgan fingerprint density at radius 2 is 2.04 bits per heavy atom. The fourth-order valence-corrected chi connectivity index (χ4v) is 3.00. The SMILES string of the molecule is COc1ccc(OC)c(/C=C(/C#N)Sc2nc3ccccc3[nH]2)c1. The van der Waals surface area contributed by atoms with Crippen molar-refractivity contribution in [1.82, 2.24) is 9.97 Å². The van der Waals surface area contributed by atoms with Crippen LogP contribution in [0, 0.1) is 11.3 Å². The van der Waals surface area contributed by atoms with Crippen LogP contribution in [0.3, 0.4) is 0 Å². The average molecular weight is 337 g/mol. The molecule has 0 fully saturated rings. The Kier molecular flexibility index (Phi) is 4.73. The molecule has 0 unspecified atom stereocenters. The van der Waals surface area contributed by atoms with E-state index in [2.05, 4.69) is 16.0 Å². The molecular weight excluding hydrogens is 322 g/mol. The molecule has 5 nitrogen and oxygen atoms in total. The molecule has 0 atom stereocenters. The third kappa shape index (κ3) is 3.36. The number of H-pyrrole nitrogens is 1. The number of nitrogens with one attached hydrogen (secondary N) is 1. The van der Waals surface area contributed by atoms with Gasteiger partial charge in [-0.2, -0.15) is 5.26 Å². The molecule has 2 aromatic carbocycles. The Morgan fingerprint density at radius 3 is 2.75 bits per heavy atom. The minimum absolute atomic E-state index is 0.501. The number of thioether (sulfide) groups is 1. The van der Waals surface area contributed by atoms with Crippen molar-refractivity contribution in [1.29, 1.82) is 5.26 Å². The first kappa shape index (κ1) is 16.0. The zero-order valence-electron chi connectivity index (χ0n) is 13.2. The second kappa shape index (κ2) is 7.11. The van der Waals surface area contributed by atoms with Gasteiger partial charge in [-0.15, -0.1) is 0 Å². The number of para-hydroxylation sites is 2. The van der Waals surface area contributed by atoms with E-state index in [4.69, 9.17) is 9.47 Å². The summed E-state index contributed by atoms with van der Waals surface area (Å²) in [4.78, 5) is 8.18. The van der Waals surface area contributed by atoms with Crippen LogP contribution in [-0.2, 0) is 0 Å². The van der Waals surface area contributed by atoms with Gasteiger partial charge < -0.3 is 14.5 Å². The molecule has 0 saturated heterocycles. The highest BCUT2D eigenvalue weighted by molar-refractivity contribution is 8.03. The molecule has 24 heavy (non-hydrogen) atoms. The van der Waals surface area contributed by atoms with Gasteiger partial charge >= 0.3 is 0 Å². The molecule has 1 N–H and O–H groups in total. The van der Waals surface area contributed by atoms with Crippen LogP contribution < -0.4 is 9.47 Å². The van der Waals surface area contributed by atoms with Crippen LogP contribution in [0.2, 0.25) is 0 Å². The second-order valence-corrected chi connectivity index (χ2v) is 5.92. The molecule has 0 saturated carbocycles. The fourth-order valence-electron chi connectivity index (χ4n) is 2.26. The number of hydrogen-bond donors (Lipinski definition) is 1. The van der Waals surface area contributed by atoms with Crippen molar-refractivity contribution in [3.63, 3.8) is 0 Å². The molecule has 3 rings (SSSR count). The lowest BCUT2D eigenvalue weighted by Crippen LogP contribution is -1.90. The standard InChI is InChI=1S/C18H15N3O2S/c1-22-13-7-8-17(23-2)12(9-13)10-14(11-19)24-18-20-15-5-3-4-6-16(15)21-18/h3-10H,1-2H3,(H,20,21)/b14-10-. The first-order valence-electron chi connectivity index (χ1n) is 7.20. The summed E-state index contributed by atoms with van der Waals surface area (Å²) in [5, 5.41) is 10.1. The minimum Gasteiger partial charge on any atom is -0.497 e. The average Bonchev–Trinajstić information content (AvgIpc) is 3.03. The van der Waals surface area contributed by atoms with E-state index in [1.807, 2.05) is 42.5 Å². The third-order valence-corrected chi connectivity index (χ3v) is 4.22. The van der Waals surface area contributed by atoms with Crippen LogP contribution >= 0.6 is 11.8 Å². The molecule has 3 aromatic rings. The molecule has 0 spiro atoms. The van der Waals surface area contributed by atoms with Gasteiger partial charge in [-0.25, -0.2) is 4.98 Å². The van der Waals surface area contributed by atoms with Gasteiger partial charge in [-0.1, -0.05) is 12.1 Å². The molecule has 0 aliphatic carbocycles. The van der Waals surface area contributed by atoms with Gasteiger partial charge in [-0.05, 0) is 48.2 Å². The molecule has 0 amide bonds. The molecule has 0 aliphatic rings. The van der Waals surface area contributed by atoms with E-state index in [1.54, 1.807) is 20.3 Å². The van der Waals surface area contributed by atoms with Crippen molar-refractivity contribution >= 4 is 28.9 Å². The maximum Gasteiger partial charge on any atom is 0.171 e. The molecule has 1 heterocycles. The Hall–Kier alpha value is -2.91. The summed E-state index contributed by atoms with van der Waals surface area (Å²) >= 11 is 1.28. The molecular formula is C18H15N3O2S. The van der Waals surface area contributed by atoms with Crippen molar-refractivity contribution in [2.45, 2.75) is 5.16 Å². The molecule has 120 valence electrons. The van der Waals surface area contributed by atoms with E-state index in [0.29, 0.717) is 21.6 Å². The zero-order chi connectivity index (χ0) is 16.9. The summed E-state index contributed by atoms with van der Waals surface area (Å²) in [6.45, 7) is 0. The third-order valence-electron chi connectivity index (χ3n) is 3.41. The highest BCUT2D eigenvalue weighted by atomic mass is 32.2. The number of ether oxygens (including phenoxy) is 2. The largest absolute Gasteiger partial charge is 0.497 e. The van der Waals surface area contributed by atoms with E-state index < -0.39 is 0 Å². The molecule has 1 aromatic heterocycles. The number of nitrogens with zero attached hydrogens (tertiary/aromatic N) is 2. The summed E-state index contributed by atoms with van der Waals surface area (Å²) < 4.78 is 10.6. The number of imidazole rings is 1. The summed E-state index contributed by atoms with van der Waals surface area (Å²) in [6, 6.07) is 15.4. The van der Waals surface area contributed by atoms with E-state index in [9.17, 15) is 5.26 Å². The van der Waals surface area contributed by atoms with Crippen LogP contribution in [-0.4, -0.2) is 24.2 Å². The molecule has 0 bridgehead atoms. The van der Waals surface area contributed by atoms with Crippen molar-refractivity contribution in [2.75, 3.05) is 14.2 Å². The topological polar surface area (TPSA) is 70.9 Å². The predicted octanol–water partition coefficient (Wildman–Crippen LogP) is 4.24. The fraction of sp³-hybridized carbons (Fsp3) is 0.111. The number of aromatic amines is 1. The number of aromatic nitrogens is 2. The van der Waals surface area contributed by atoms with Crippen LogP contribution in [0.1, 0.15) is 5.56 Å². The minimum atomic E-state index is 0.501. The van der Waals surface area contributed by atoms with Crippen LogP contribution in [0.4, 0.5) is 0 Å². The second-order valence-electron chi connectivity index (χ2n) is 4.89. The number of hydrogen-bond acceptors (Lipinski definition) is 5. The summed E-state index contributed by atoms with van der Waals surface area (Å²) in [6.07, 6.45) is 1.76. The van der Waals surface area contributed by atoms with Crippen molar-refractivity contribution in [3.8, 4) is 17.6 Å². The summed E-state index contributed by atoms with van der Waals surface area (Å²) in [5.41, 5.74) is 2.59. The maximum absolute atomic E-state index is 9.46. The maximum atomic E-state index is 9.46. The van der Waals surface area contributed by atoms with Crippen molar-refractivity contribution in [3.05, 3.63) is 52.9 Å². The highest BCUT2D eigenvalue weighted by Gasteiger charge is 2.09. The van der Waals surface area contributed by atoms with Crippen molar-refractivity contribution < 1.29 is 9.47 Å². The van der Waals surface area contributed by atoms with E-state index in [0.717, 1.165) is 16.6 Å². The lowest BCUT2D eigenvalue weighted by molar-refractivity contribution is 0.402. The first-order chi connectivity index (χ1) is 11.7. The zero-order valence-corrected chi connectivity index (χ0v) is 14.1. The highest BCUT2D eigenvalue weighted by Crippen LogP contribution is 2.31. The van der Waals surface area contributed by atoms with Crippen molar-refractivity contribution in [2.24, 2.45) is 0 Å². The number of fused-ring (bicyclic) bond motifs is 1. The lowest BCUT2D eigenvalue weighted by Gasteiger charge is -2.07. The van der Waals surface area contributed by atoms with Gasteiger partial charge in [-0.3, -0.25) is 0 Å². The molecule has 6 heteroatoms. The van der Waals surface area contributed by atoms with E-state index in [-0.39, 0.29) is 0 Å². The summed E-state index contributed by atoms with van der Waals surface area (Å²) in [7, 11) is 3.20. The lowest BCUT2D eigenvalue weighted by atomic mass is 10.1. The molecule has 0 radical (unpaired) electrons. The summed E-state index contributed by atoms with van der Waals surface area (Å²) in [5.74, 6) is 1.38. The number of benzene rings is 2. The molecule has 0 aliphatic heterocycles. The normalized spacial score (nSPS) is 11.3. The van der Waals surface area contributed by atoms with Gasteiger partial charge in [0.1, 0.15) is 17.6 Å². The Bertz CT molecular complexity index is 908. The van der Waals surface area contributed by atoms with Gasteiger partial charge in [0.2, 0.25) is 0 Å². The Balaban J connectivity index is 1.93. The number of allylic oxidation sites excluding steroid dienone is 1. The van der Waals surface area contributed by atoms with Crippen LogP contribution in [0.15, 0.2) is 52.5 Å². The number of nitriles is 1. The Labute approximate surface area is 143 Å². The monoisotopic (exact) mass is 337 g/mol. The van der Waals surface area contributed by atoms with Crippen LogP contribution in [0.5, 0.6) is 11.5 Å². The number of rotatable bonds is 5. The predicted molar refractivity (Wildman–Crippen MR) is 95.1 cm³/mol. The smallest absolute Gasteiger partial charge is 0.171 e. The van der Waals surface area contributed by atoms with Gasteiger partial charge in [0.25, 0.3) is 0 Å². The Morgan fingerprint density at radius 1 is 1.21 bits per heavy atom. The van der Waals surface area contributed by atoms with Gasteiger partial charge in [0.05, 0.1) is 30.2 Å². The van der Waals surface area contributed by atoms with Gasteiger partial charge in [0.15, 0.2) is 5.16 Å². The quantitative estimate of drug-likeness (QED) is 0.557. The first-order valence-corrected chi connectivity index (χ1v) is 8.01. The van der Waals surface area contributed by atoms with E-state index in [1.165, 1.54) is 11.8 Å². The van der Waals surface area contributed by atoms with E-state index >= 15 is 0 Å². The van der Waals surface area contributed by atoms with Gasteiger partial charge in [0, 0.05) is 5.56 Å².